The van der Waals surface area contributed by atoms with Crippen molar-refractivity contribution in [3.63, 3.8) is 0 Å². The van der Waals surface area contributed by atoms with Crippen LogP contribution in [0.1, 0.15) is 26.7 Å². The van der Waals surface area contributed by atoms with Gasteiger partial charge in [-0.1, -0.05) is 13.8 Å². The molecular formula is C9H18N4O3S. The number of anilines is 1. The Bertz CT molecular complexity index is 456. The fourth-order valence-corrected chi connectivity index (χ4v) is 3.05. The van der Waals surface area contributed by atoms with Gasteiger partial charge in [-0.25, -0.2) is 13.1 Å². The second-order valence-electron chi connectivity index (χ2n) is 3.90. The molecule has 0 radical (unpaired) electrons. The maximum atomic E-state index is 12.0. The summed E-state index contributed by atoms with van der Waals surface area (Å²) in [4.78, 5) is -0.0998. The number of aliphatic hydroxyl groups excluding tert-OH is 1. The van der Waals surface area contributed by atoms with E-state index in [0.29, 0.717) is 12.8 Å². The van der Waals surface area contributed by atoms with Gasteiger partial charge in [0.25, 0.3) is 0 Å². The van der Waals surface area contributed by atoms with Gasteiger partial charge in [0.2, 0.25) is 10.0 Å². The Hall–Kier alpha value is -1.12. The summed E-state index contributed by atoms with van der Waals surface area (Å²) in [6.07, 6.45) is 2.11. The Morgan fingerprint density at radius 1 is 1.53 bits per heavy atom. The van der Waals surface area contributed by atoms with Crippen LogP contribution in [0.25, 0.3) is 0 Å². The van der Waals surface area contributed by atoms with Gasteiger partial charge in [-0.2, -0.15) is 5.10 Å². The number of hydrogen-bond acceptors (Lipinski definition) is 5. The summed E-state index contributed by atoms with van der Waals surface area (Å²) in [6.45, 7) is 3.35. The standard InChI is InChI=1S/C9H18N4O3S/c1-3-9(4-2,6-14)13-17(15,16)7-5-11-12-8(7)10/h5,13-14H,3-4,6H2,1-2H3,(H3,10,11,12). The monoisotopic (exact) mass is 262 g/mol. The van der Waals surface area contributed by atoms with E-state index in [4.69, 9.17) is 5.73 Å². The zero-order chi connectivity index (χ0) is 13.1. The molecule has 17 heavy (non-hydrogen) atoms. The zero-order valence-corrected chi connectivity index (χ0v) is 10.7. The zero-order valence-electron chi connectivity index (χ0n) is 9.90. The van der Waals surface area contributed by atoms with Gasteiger partial charge >= 0.3 is 0 Å². The number of aliphatic hydroxyl groups is 1. The number of aromatic nitrogens is 2. The van der Waals surface area contributed by atoms with Gasteiger partial charge in [0.15, 0.2) is 0 Å². The molecule has 0 aliphatic carbocycles. The first kappa shape index (κ1) is 13.9. The lowest BCUT2D eigenvalue weighted by molar-refractivity contribution is 0.172. The first-order valence-corrected chi connectivity index (χ1v) is 6.83. The molecule has 1 rings (SSSR count). The van der Waals surface area contributed by atoms with E-state index in [0.717, 1.165) is 6.20 Å². The van der Waals surface area contributed by atoms with Crippen LogP contribution in [0, 0.1) is 0 Å². The van der Waals surface area contributed by atoms with Crippen LogP contribution in [-0.2, 0) is 10.0 Å². The van der Waals surface area contributed by atoms with E-state index in [2.05, 4.69) is 14.9 Å². The van der Waals surface area contributed by atoms with Crippen molar-refractivity contribution in [1.29, 1.82) is 0 Å². The second kappa shape index (κ2) is 5.03. The van der Waals surface area contributed by atoms with E-state index in [-0.39, 0.29) is 17.3 Å². The SMILES string of the molecule is CCC(CC)(CO)NS(=O)(=O)c1cn[nH]c1N. The van der Waals surface area contributed by atoms with Crippen LogP contribution in [0.2, 0.25) is 0 Å². The first-order valence-electron chi connectivity index (χ1n) is 5.34. The van der Waals surface area contributed by atoms with Crippen LogP contribution in [0.3, 0.4) is 0 Å². The predicted molar refractivity (Wildman–Crippen MR) is 63.7 cm³/mol. The van der Waals surface area contributed by atoms with E-state index in [1.807, 2.05) is 0 Å². The third kappa shape index (κ3) is 2.76. The number of nitrogens with zero attached hydrogens (tertiary/aromatic N) is 1. The summed E-state index contributed by atoms with van der Waals surface area (Å²) in [6, 6.07) is 0. The van der Waals surface area contributed by atoms with Crippen molar-refractivity contribution in [3.05, 3.63) is 6.20 Å². The van der Waals surface area contributed by atoms with Crippen molar-refractivity contribution >= 4 is 15.8 Å². The molecule has 0 aromatic carbocycles. The van der Waals surface area contributed by atoms with E-state index < -0.39 is 15.6 Å². The fraction of sp³-hybridized carbons (Fsp3) is 0.667. The van der Waals surface area contributed by atoms with Crippen LogP contribution in [0.4, 0.5) is 5.82 Å². The Labute approximate surface area is 100 Å². The lowest BCUT2D eigenvalue weighted by Crippen LogP contribution is -2.50. The molecule has 0 atom stereocenters. The molecule has 0 saturated carbocycles. The van der Waals surface area contributed by atoms with Gasteiger partial charge in [-0.3, -0.25) is 5.10 Å². The maximum Gasteiger partial charge on any atom is 0.246 e. The van der Waals surface area contributed by atoms with Crippen molar-refractivity contribution < 1.29 is 13.5 Å². The number of nitrogens with two attached hydrogens (primary N) is 1. The summed E-state index contributed by atoms with van der Waals surface area (Å²) >= 11 is 0. The molecule has 0 spiro atoms. The Kier molecular flexibility index (Phi) is 4.12. The highest BCUT2D eigenvalue weighted by Crippen LogP contribution is 2.21. The van der Waals surface area contributed by atoms with Crippen molar-refractivity contribution in [2.24, 2.45) is 0 Å². The molecule has 1 aromatic heterocycles. The summed E-state index contributed by atoms with van der Waals surface area (Å²) in [7, 11) is -3.77. The average Bonchev–Trinajstić information content (AvgIpc) is 2.73. The van der Waals surface area contributed by atoms with Gasteiger partial charge in [-0.05, 0) is 12.8 Å². The van der Waals surface area contributed by atoms with E-state index in [9.17, 15) is 13.5 Å². The first-order chi connectivity index (χ1) is 7.90. The van der Waals surface area contributed by atoms with E-state index in [1.165, 1.54) is 0 Å². The molecule has 0 amide bonds. The molecule has 1 aromatic rings. The van der Waals surface area contributed by atoms with Gasteiger partial charge in [0, 0.05) is 0 Å². The molecule has 7 nitrogen and oxygen atoms in total. The highest BCUT2D eigenvalue weighted by Gasteiger charge is 2.32. The summed E-state index contributed by atoms with van der Waals surface area (Å²) < 4.78 is 26.6. The lowest BCUT2D eigenvalue weighted by atomic mass is 9.96. The highest BCUT2D eigenvalue weighted by molar-refractivity contribution is 7.89. The van der Waals surface area contributed by atoms with Gasteiger partial charge in [-0.15, -0.1) is 0 Å². The van der Waals surface area contributed by atoms with Crippen molar-refractivity contribution in [3.8, 4) is 0 Å². The van der Waals surface area contributed by atoms with Crippen molar-refractivity contribution in [2.45, 2.75) is 37.1 Å². The topological polar surface area (TPSA) is 121 Å². The minimum atomic E-state index is -3.77. The van der Waals surface area contributed by atoms with Gasteiger partial charge in [0.05, 0.1) is 18.3 Å². The lowest BCUT2D eigenvalue weighted by Gasteiger charge is -2.29. The van der Waals surface area contributed by atoms with Crippen LogP contribution in [-0.4, -0.2) is 35.9 Å². The molecule has 0 unspecified atom stereocenters. The highest BCUT2D eigenvalue weighted by atomic mass is 32.2. The van der Waals surface area contributed by atoms with Crippen molar-refractivity contribution in [1.82, 2.24) is 14.9 Å². The number of sulfonamides is 1. The summed E-state index contributed by atoms with van der Waals surface area (Å²) in [5.41, 5.74) is 4.61. The van der Waals surface area contributed by atoms with Gasteiger partial charge < -0.3 is 10.8 Å². The normalized spacial score (nSPS) is 12.9. The molecule has 0 saturated heterocycles. The molecule has 0 aliphatic heterocycles. The minimum Gasteiger partial charge on any atom is -0.394 e. The van der Waals surface area contributed by atoms with Crippen LogP contribution in [0.15, 0.2) is 11.1 Å². The number of nitrogens with one attached hydrogen (secondary N) is 2. The largest absolute Gasteiger partial charge is 0.394 e. The quantitative estimate of drug-likeness (QED) is 0.566. The van der Waals surface area contributed by atoms with Crippen LogP contribution < -0.4 is 10.5 Å². The smallest absolute Gasteiger partial charge is 0.246 e. The Morgan fingerprint density at radius 2 is 2.12 bits per heavy atom. The van der Waals surface area contributed by atoms with Crippen molar-refractivity contribution in [2.75, 3.05) is 12.3 Å². The van der Waals surface area contributed by atoms with Gasteiger partial charge in [0.1, 0.15) is 10.7 Å². The number of H-pyrrole nitrogens is 1. The molecule has 0 aliphatic rings. The molecule has 5 N–H and O–H groups in total. The fourth-order valence-electron chi connectivity index (χ4n) is 1.49. The predicted octanol–water partition coefficient (Wildman–Crippen LogP) is -0.179. The van der Waals surface area contributed by atoms with Crippen LogP contribution in [0.5, 0.6) is 0 Å². The minimum absolute atomic E-state index is 0.0171. The molecular weight excluding hydrogens is 244 g/mol. The third-order valence-electron chi connectivity index (χ3n) is 2.93. The van der Waals surface area contributed by atoms with E-state index >= 15 is 0 Å². The number of nitrogen functional groups attached to an aromatic ring is 1. The Balaban J connectivity index is 3.05. The number of hydrogen-bond donors (Lipinski definition) is 4. The molecule has 8 heteroatoms. The van der Waals surface area contributed by atoms with Crippen LogP contribution >= 0.6 is 0 Å². The third-order valence-corrected chi connectivity index (χ3v) is 4.53. The summed E-state index contributed by atoms with van der Waals surface area (Å²) in [5, 5.41) is 15.2. The molecule has 98 valence electrons. The maximum absolute atomic E-state index is 12.0. The Morgan fingerprint density at radius 3 is 2.47 bits per heavy atom. The molecule has 1 heterocycles. The number of rotatable bonds is 6. The second-order valence-corrected chi connectivity index (χ2v) is 5.55. The molecule has 0 fully saturated rings. The summed E-state index contributed by atoms with van der Waals surface area (Å²) in [5.74, 6) is -0.0171. The average molecular weight is 262 g/mol. The van der Waals surface area contributed by atoms with E-state index in [1.54, 1.807) is 13.8 Å². The number of aromatic amines is 1. The molecule has 0 bridgehead atoms.